The van der Waals surface area contributed by atoms with E-state index in [2.05, 4.69) is 27.4 Å². The first-order chi connectivity index (χ1) is 8.43. The van der Waals surface area contributed by atoms with Crippen molar-refractivity contribution in [1.82, 2.24) is 0 Å². The molecule has 0 radical (unpaired) electrons. The Bertz CT molecular complexity index is 390. The van der Waals surface area contributed by atoms with Gasteiger partial charge in [0.05, 0.1) is 0 Å². The van der Waals surface area contributed by atoms with Gasteiger partial charge in [-0.15, -0.1) is 6.58 Å². The molecule has 2 aliphatic carbocycles. The summed E-state index contributed by atoms with van der Waals surface area (Å²) in [6.07, 6.45) is 8.51. The first-order valence-corrected chi connectivity index (χ1v) is 7.32. The van der Waals surface area contributed by atoms with Crippen LogP contribution in [0.2, 0.25) is 0 Å². The second-order valence-corrected chi connectivity index (χ2v) is 6.67. The van der Waals surface area contributed by atoms with Gasteiger partial charge in [-0.25, -0.2) is 0 Å². The monoisotopic (exact) mass is 246 g/mol. The van der Waals surface area contributed by atoms with E-state index in [1.54, 1.807) is 0 Å². The van der Waals surface area contributed by atoms with Gasteiger partial charge in [0, 0.05) is 6.42 Å². The zero-order valence-corrected chi connectivity index (χ0v) is 12.1. The van der Waals surface area contributed by atoms with E-state index >= 15 is 0 Å². The summed E-state index contributed by atoms with van der Waals surface area (Å²) in [6, 6.07) is 0. The summed E-state index contributed by atoms with van der Waals surface area (Å²) in [7, 11) is 0. The smallest absolute Gasteiger partial charge is 0.155 e. The Morgan fingerprint density at radius 2 is 2.22 bits per heavy atom. The molecular formula is C17H26O. The molecule has 1 heteroatoms. The molecule has 0 bridgehead atoms. The molecule has 0 N–H and O–H groups in total. The van der Waals surface area contributed by atoms with E-state index in [-0.39, 0.29) is 5.41 Å². The third-order valence-electron chi connectivity index (χ3n) is 5.22. The van der Waals surface area contributed by atoms with Crippen molar-refractivity contribution in [1.29, 1.82) is 0 Å². The lowest BCUT2D eigenvalue weighted by atomic mass is 9.55. The van der Waals surface area contributed by atoms with Crippen molar-refractivity contribution in [3.63, 3.8) is 0 Å². The molecule has 0 amide bonds. The van der Waals surface area contributed by atoms with Crippen LogP contribution in [-0.4, -0.2) is 5.78 Å². The number of carbonyl (C=O) groups excluding carboxylic acids is 1. The molecule has 0 unspecified atom stereocenters. The minimum Gasteiger partial charge on any atom is -0.295 e. The van der Waals surface area contributed by atoms with Crippen LogP contribution in [0, 0.1) is 17.3 Å². The van der Waals surface area contributed by atoms with Gasteiger partial charge in [-0.05, 0) is 62.4 Å². The quantitative estimate of drug-likeness (QED) is 0.660. The zero-order valence-electron chi connectivity index (χ0n) is 12.1. The summed E-state index contributed by atoms with van der Waals surface area (Å²) in [5.74, 6) is 1.85. The maximum Gasteiger partial charge on any atom is 0.155 e. The Kier molecular flexibility index (Phi) is 3.79. The first kappa shape index (κ1) is 13.6. The summed E-state index contributed by atoms with van der Waals surface area (Å²) < 4.78 is 0. The average molecular weight is 246 g/mol. The highest BCUT2D eigenvalue weighted by molar-refractivity contribution is 5.91. The van der Waals surface area contributed by atoms with Gasteiger partial charge in [0.25, 0.3) is 0 Å². The van der Waals surface area contributed by atoms with Crippen LogP contribution < -0.4 is 0 Å². The van der Waals surface area contributed by atoms with E-state index in [0.29, 0.717) is 5.78 Å². The fraction of sp³-hybridized carbons (Fsp3) is 0.706. The van der Waals surface area contributed by atoms with Crippen LogP contribution in [0.4, 0.5) is 0 Å². The van der Waals surface area contributed by atoms with E-state index in [0.717, 1.165) is 37.5 Å². The van der Waals surface area contributed by atoms with Crippen LogP contribution in [0.25, 0.3) is 0 Å². The summed E-state index contributed by atoms with van der Waals surface area (Å²) in [5, 5.41) is 0. The van der Waals surface area contributed by atoms with E-state index in [4.69, 9.17) is 0 Å². The molecule has 18 heavy (non-hydrogen) atoms. The van der Waals surface area contributed by atoms with E-state index < -0.39 is 0 Å². The van der Waals surface area contributed by atoms with Crippen LogP contribution in [0.15, 0.2) is 23.8 Å². The molecule has 0 spiro atoms. The molecule has 1 fully saturated rings. The molecule has 0 heterocycles. The van der Waals surface area contributed by atoms with Gasteiger partial charge in [-0.1, -0.05) is 25.0 Å². The largest absolute Gasteiger partial charge is 0.295 e. The summed E-state index contributed by atoms with van der Waals surface area (Å²) >= 11 is 0. The Balaban J connectivity index is 2.22. The third-order valence-corrected chi connectivity index (χ3v) is 5.22. The van der Waals surface area contributed by atoms with Crippen molar-refractivity contribution in [2.75, 3.05) is 0 Å². The summed E-state index contributed by atoms with van der Waals surface area (Å²) in [6.45, 7) is 10.9. The van der Waals surface area contributed by atoms with Crippen LogP contribution in [0.5, 0.6) is 0 Å². The van der Waals surface area contributed by atoms with Crippen LogP contribution >= 0.6 is 0 Å². The molecule has 0 aliphatic heterocycles. The summed E-state index contributed by atoms with van der Waals surface area (Å²) in [5.41, 5.74) is 3.00. The number of allylic oxidation sites excluding steroid dienone is 3. The lowest BCUT2D eigenvalue weighted by Crippen LogP contribution is -2.40. The van der Waals surface area contributed by atoms with Crippen LogP contribution in [-0.2, 0) is 4.79 Å². The topological polar surface area (TPSA) is 17.1 Å². The number of fused-ring (bicyclic) bond motifs is 1. The van der Waals surface area contributed by atoms with Gasteiger partial charge >= 0.3 is 0 Å². The number of rotatable bonds is 3. The second kappa shape index (κ2) is 5.03. The highest BCUT2D eigenvalue weighted by Gasteiger charge is 2.44. The maximum atomic E-state index is 11.6. The first-order valence-electron chi connectivity index (χ1n) is 7.32. The van der Waals surface area contributed by atoms with Crippen molar-refractivity contribution in [3.05, 3.63) is 23.8 Å². The lowest BCUT2D eigenvalue weighted by molar-refractivity contribution is -0.116. The van der Waals surface area contributed by atoms with Crippen LogP contribution in [0.1, 0.15) is 59.3 Å². The van der Waals surface area contributed by atoms with Crippen molar-refractivity contribution < 1.29 is 4.79 Å². The molecule has 0 aromatic carbocycles. The molecule has 0 aromatic rings. The van der Waals surface area contributed by atoms with Crippen molar-refractivity contribution >= 4 is 5.78 Å². The van der Waals surface area contributed by atoms with E-state index in [1.165, 1.54) is 24.0 Å². The number of carbonyl (C=O) groups is 1. The van der Waals surface area contributed by atoms with Gasteiger partial charge in [-0.3, -0.25) is 4.79 Å². The normalized spacial score (nSPS) is 35.9. The molecule has 3 atom stereocenters. The molecule has 0 aromatic heterocycles. The van der Waals surface area contributed by atoms with Crippen molar-refractivity contribution in [3.8, 4) is 0 Å². The predicted octanol–water partition coefficient (Wildman–Crippen LogP) is 4.68. The molecule has 1 nitrogen and oxygen atoms in total. The standard InChI is InChI=1S/C17H26O/c1-12(2)5-8-16-13(3)6-7-14-11-15(18)9-10-17(14,16)4/h11,13,16H,1,5-10H2,2-4H3/t13-,16+,17+/m0/s1. The third kappa shape index (κ3) is 2.46. The SMILES string of the molecule is C=C(C)CC[C@@H]1[C@@H](C)CCC2=CC(=O)CC[C@]21C. The Hall–Kier alpha value is -0.850. The molecular weight excluding hydrogens is 220 g/mol. The Morgan fingerprint density at radius 3 is 2.89 bits per heavy atom. The van der Waals surface area contributed by atoms with Crippen LogP contribution in [0.3, 0.4) is 0 Å². The van der Waals surface area contributed by atoms with Crippen molar-refractivity contribution in [2.24, 2.45) is 17.3 Å². The molecule has 0 saturated heterocycles. The Labute approximate surface area is 111 Å². The van der Waals surface area contributed by atoms with E-state index in [1.807, 2.05) is 6.08 Å². The number of hydrogen-bond donors (Lipinski definition) is 0. The zero-order chi connectivity index (χ0) is 13.3. The minimum absolute atomic E-state index is 0.279. The highest BCUT2D eigenvalue weighted by Crippen LogP contribution is 2.54. The average Bonchev–Trinajstić information content (AvgIpc) is 2.29. The van der Waals surface area contributed by atoms with Gasteiger partial charge in [0.2, 0.25) is 0 Å². The highest BCUT2D eigenvalue weighted by atomic mass is 16.1. The molecule has 1 saturated carbocycles. The fourth-order valence-corrected chi connectivity index (χ4v) is 3.97. The van der Waals surface area contributed by atoms with E-state index in [9.17, 15) is 4.79 Å². The Morgan fingerprint density at radius 1 is 1.50 bits per heavy atom. The van der Waals surface area contributed by atoms with Gasteiger partial charge < -0.3 is 0 Å². The molecule has 2 aliphatic rings. The second-order valence-electron chi connectivity index (χ2n) is 6.67. The predicted molar refractivity (Wildman–Crippen MR) is 76.4 cm³/mol. The maximum absolute atomic E-state index is 11.6. The number of ketones is 1. The fourth-order valence-electron chi connectivity index (χ4n) is 3.97. The van der Waals surface area contributed by atoms with Crippen molar-refractivity contribution in [2.45, 2.75) is 59.3 Å². The van der Waals surface area contributed by atoms with Gasteiger partial charge in [-0.2, -0.15) is 0 Å². The van der Waals surface area contributed by atoms with Gasteiger partial charge in [0.1, 0.15) is 0 Å². The lowest BCUT2D eigenvalue weighted by Gasteiger charge is -2.49. The number of hydrogen-bond acceptors (Lipinski definition) is 1. The molecule has 100 valence electrons. The minimum atomic E-state index is 0.279. The van der Waals surface area contributed by atoms with Gasteiger partial charge in [0.15, 0.2) is 5.78 Å². The molecule has 2 rings (SSSR count). The summed E-state index contributed by atoms with van der Waals surface area (Å²) in [4.78, 5) is 11.6.